The average Bonchev–Trinajstić information content (AvgIpc) is 3.30. The van der Waals surface area contributed by atoms with E-state index in [4.69, 9.17) is 16.1 Å². The van der Waals surface area contributed by atoms with E-state index in [2.05, 4.69) is 30.6 Å². The quantitative estimate of drug-likeness (QED) is 0.527. The summed E-state index contributed by atoms with van der Waals surface area (Å²) in [4.78, 5) is 20.5. The smallest absolute Gasteiger partial charge is 0.226 e. The van der Waals surface area contributed by atoms with Crippen LogP contribution >= 0.6 is 11.6 Å². The Kier molecular flexibility index (Phi) is 4.80. The summed E-state index contributed by atoms with van der Waals surface area (Å²) in [6.45, 7) is 0. The van der Waals surface area contributed by atoms with Gasteiger partial charge in [-0.1, -0.05) is 16.8 Å². The molecule has 0 saturated heterocycles. The molecule has 4 aromatic rings. The number of hydrogen-bond acceptors (Lipinski definition) is 6. The second-order valence-electron chi connectivity index (χ2n) is 5.91. The predicted octanol–water partition coefficient (Wildman–Crippen LogP) is 3.62. The minimum absolute atomic E-state index is 0.132. The highest BCUT2D eigenvalue weighted by atomic mass is 35.5. The van der Waals surface area contributed by atoms with Crippen LogP contribution in [0.1, 0.15) is 18.7 Å². The maximum absolute atomic E-state index is 12.2. The maximum atomic E-state index is 12.2. The number of nitrogens with zero attached hydrogens (tertiary/aromatic N) is 4. The van der Waals surface area contributed by atoms with Crippen molar-refractivity contribution >= 4 is 34.2 Å². The van der Waals surface area contributed by atoms with Gasteiger partial charge < -0.3 is 9.84 Å². The fourth-order valence-electron chi connectivity index (χ4n) is 2.66. The third-order valence-corrected chi connectivity index (χ3v) is 4.22. The number of nitrogens with one attached hydrogen (secondary N) is 2. The van der Waals surface area contributed by atoms with E-state index >= 15 is 0 Å². The largest absolute Gasteiger partial charge is 0.339 e. The second kappa shape index (κ2) is 7.55. The predicted molar refractivity (Wildman–Crippen MR) is 100 cm³/mol. The summed E-state index contributed by atoms with van der Waals surface area (Å²) in [7, 11) is 0. The summed E-state index contributed by atoms with van der Waals surface area (Å²) >= 11 is 5.94. The van der Waals surface area contributed by atoms with Crippen LogP contribution < -0.4 is 5.32 Å². The molecule has 136 valence electrons. The molecular weight excluding hydrogens is 368 g/mol. The number of aromatic amines is 1. The van der Waals surface area contributed by atoms with Gasteiger partial charge >= 0.3 is 0 Å². The molecule has 0 aliphatic rings. The molecule has 0 saturated carbocycles. The van der Waals surface area contributed by atoms with E-state index in [1.54, 1.807) is 24.5 Å². The van der Waals surface area contributed by atoms with Gasteiger partial charge in [0, 0.05) is 41.2 Å². The molecule has 1 aromatic carbocycles. The molecule has 2 N–H and O–H groups in total. The number of H-pyrrole nitrogens is 1. The second-order valence-corrected chi connectivity index (χ2v) is 6.35. The Morgan fingerprint density at radius 1 is 1.22 bits per heavy atom. The molecule has 27 heavy (non-hydrogen) atoms. The lowest BCUT2D eigenvalue weighted by molar-refractivity contribution is -0.116. The first-order valence-electron chi connectivity index (χ1n) is 8.35. The van der Waals surface area contributed by atoms with Gasteiger partial charge in [-0.05, 0) is 36.8 Å². The number of hydrogen-bond donors (Lipinski definition) is 2. The lowest BCUT2D eigenvalue weighted by Gasteiger charge is -2.01. The Bertz CT molecular complexity index is 1080. The van der Waals surface area contributed by atoms with Crippen molar-refractivity contribution in [2.75, 3.05) is 5.32 Å². The molecule has 9 heteroatoms. The zero-order chi connectivity index (χ0) is 18.6. The van der Waals surface area contributed by atoms with Crippen molar-refractivity contribution in [3.05, 3.63) is 53.6 Å². The number of pyridine rings is 1. The third-order valence-electron chi connectivity index (χ3n) is 3.98. The SMILES string of the molecule is O=C(CCCc1nc(-c2ccncc2)no1)Nc1n[nH]c2cc(Cl)ccc12. The molecule has 1 amide bonds. The van der Waals surface area contributed by atoms with Crippen LogP contribution in [0.3, 0.4) is 0 Å². The molecule has 0 spiro atoms. The van der Waals surface area contributed by atoms with E-state index in [0.29, 0.717) is 41.8 Å². The highest BCUT2D eigenvalue weighted by molar-refractivity contribution is 6.31. The van der Waals surface area contributed by atoms with E-state index < -0.39 is 0 Å². The third kappa shape index (κ3) is 3.95. The number of rotatable bonds is 6. The van der Waals surface area contributed by atoms with Gasteiger partial charge in [-0.25, -0.2) is 0 Å². The van der Waals surface area contributed by atoms with Crippen molar-refractivity contribution in [3.8, 4) is 11.4 Å². The van der Waals surface area contributed by atoms with Crippen LogP contribution in [0, 0.1) is 0 Å². The number of halogens is 1. The summed E-state index contributed by atoms with van der Waals surface area (Å²) in [5.41, 5.74) is 1.61. The number of carbonyl (C=O) groups excluding carboxylic acids is 1. The van der Waals surface area contributed by atoms with Crippen LogP contribution in [-0.4, -0.2) is 31.2 Å². The molecule has 0 aliphatic heterocycles. The number of aromatic nitrogens is 5. The van der Waals surface area contributed by atoms with Crippen LogP contribution in [-0.2, 0) is 11.2 Å². The minimum atomic E-state index is -0.132. The number of aryl methyl sites for hydroxylation is 1. The number of amides is 1. The van der Waals surface area contributed by atoms with E-state index in [9.17, 15) is 4.79 Å². The molecule has 0 unspecified atom stereocenters. The Morgan fingerprint density at radius 3 is 2.93 bits per heavy atom. The molecule has 0 fully saturated rings. The first-order chi connectivity index (χ1) is 13.2. The topological polar surface area (TPSA) is 110 Å². The molecule has 0 aliphatic carbocycles. The van der Waals surface area contributed by atoms with Crippen LogP contribution in [0.5, 0.6) is 0 Å². The average molecular weight is 383 g/mol. The van der Waals surface area contributed by atoms with Crippen molar-refractivity contribution in [2.24, 2.45) is 0 Å². The summed E-state index contributed by atoms with van der Waals surface area (Å²) in [6.07, 6.45) is 4.75. The van der Waals surface area contributed by atoms with Crippen LogP contribution in [0.4, 0.5) is 5.82 Å². The van der Waals surface area contributed by atoms with Gasteiger partial charge in [0.05, 0.1) is 5.52 Å². The molecule has 0 radical (unpaired) electrons. The Balaban J connectivity index is 1.31. The number of fused-ring (bicyclic) bond motifs is 1. The normalized spacial score (nSPS) is 11.0. The van der Waals surface area contributed by atoms with Crippen molar-refractivity contribution in [1.82, 2.24) is 25.3 Å². The van der Waals surface area contributed by atoms with Gasteiger partial charge in [0.25, 0.3) is 0 Å². The molecule has 3 heterocycles. The summed E-state index contributed by atoms with van der Waals surface area (Å²) in [5.74, 6) is 1.37. The van der Waals surface area contributed by atoms with Crippen molar-refractivity contribution < 1.29 is 9.32 Å². The van der Waals surface area contributed by atoms with Gasteiger partial charge in [0.1, 0.15) is 0 Å². The first-order valence-corrected chi connectivity index (χ1v) is 8.73. The highest BCUT2D eigenvalue weighted by Gasteiger charge is 2.12. The standard InChI is InChI=1S/C18H15ClN6O2/c19-12-4-5-13-14(10-12)23-24-18(13)21-15(26)2-1-3-16-22-17(25-27-16)11-6-8-20-9-7-11/h4-10H,1-3H2,(H2,21,23,24,26). The van der Waals surface area contributed by atoms with Gasteiger partial charge in [0.15, 0.2) is 5.82 Å². The molecule has 4 rings (SSSR count). The van der Waals surface area contributed by atoms with Crippen LogP contribution in [0.15, 0.2) is 47.2 Å². The van der Waals surface area contributed by atoms with E-state index in [0.717, 1.165) is 16.5 Å². The fourth-order valence-corrected chi connectivity index (χ4v) is 2.83. The minimum Gasteiger partial charge on any atom is -0.339 e. The molecule has 0 bridgehead atoms. The van der Waals surface area contributed by atoms with E-state index in [1.165, 1.54) is 0 Å². The van der Waals surface area contributed by atoms with Crippen molar-refractivity contribution in [1.29, 1.82) is 0 Å². The van der Waals surface area contributed by atoms with Gasteiger partial charge in [0.2, 0.25) is 17.6 Å². The van der Waals surface area contributed by atoms with E-state index in [-0.39, 0.29) is 5.91 Å². The van der Waals surface area contributed by atoms with Gasteiger partial charge in [-0.15, -0.1) is 0 Å². The highest BCUT2D eigenvalue weighted by Crippen LogP contribution is 2.23. The van der Waals surface area contributed by atoms with Crippen molar-refractivity contribution in [2.45, 2.75) is 19.3 Å². The monoisotopic (exact) mass is 382 g/mol. The molecule has 0 atom stereocenters. The van der Waals surface area contributed by atoms with E-state index in [1.807, 2.05) is 18.2 Å². The van der Waals surface area contributed by atoms with Crippen molar-refractivity contribution in [3.63, 3.8) is 0 Å². The van der Waals surface area contributed by atoms with Crippen LogP contribution in [0.25, 0.3) is 22.3 Å². The Hall–Kier alpha value is -3.26. The summed E-state index contributed by atoms with van der Waals surface area (Å²) in [6, 6.07) is 8.95. The molecule has 8 nitrogen and oxygen atoms in total. The first kappa shape index (κ1) is 17.2. The summed E-state index contributed by atoms with van der Waals surface area (Å²) in [5, 5.41) is 15.1. The zero-order valence-corrected chi connectivity index (χ0v) is 14.9. The fraction of sp³-hybridized carbons (Fsp3) is 0.167. The number of benzene rings is 1. The molecular formula is C18H15ClN6O2. The van der Waals surface area contributed by atoms with Gasteiger partial charge in [-0.3, -0.25) is 14.9 Å². The summed E-state index contributed by atoms with van der Waals surface area (Å²) < 4.78 is 5.23. The zero-order valence-electron chi connectivity index (χ0n) is 14.1. The number of anilines is 1. The Labute approximate surface area is 159 Å². The lowest BCUT2D eigenvalue weighted by atomic mass is 10.2. The maximum Gasteiger partial charge on any atom is 0.226 e. The number of carbonyl (C=O) groups is 1. The van der Waals surface area contributed by atoms with Crippen LogP contribution in [0.2, 0.25) is 5.02 Å². The Morgan fingerprint density at radius 2 is 2.07 bits per heavy atom. The van der Waals surface area contributed by atoms with Gasteiger partial charge in [-0.2, -0.15) is 10.1 Å². The molecule has 3 aromatic heterocycles. The lowest BCUT2D eigenvalue weighted by Crippen LogP contribution is -2.12.